The normalized spacial score (nSPS) is 10.5. The molecule has 0 aliphatic carbocycles. The van der Waals surface area contributed by atoms with Crippen molar-refractivity contribution in [3.63, 3.8) is 0 Å². The van der Waals surface area contributed by atoms with E-state index in [1.165, 1.54) is 17.0 Å². The van der Waals surface area contributed by atoms with E-state index in [2.05, 4.69) is 4.98 Å². The van der Waals surface area contributed by atoms with Crippen LogP contribution in [-0.2, 0) is 13.0 Å². The van der Waals surface area contributed by atoms with Gasteiger partial charge in [-0.1, -0.05) is 29.8 Å². The van der Waals surface area contributed by atoms with E-state index in [1.54, 1.807) is 18.2 Å². The van der Waals surface area contributed by atoms with Crippen LogP contribution in [0, 0.1) is 13.7 Å². The summed E-state index contributed by atoms with van der Waals surface area (Å²) in [5, 5.41) is 11.1. The van der Waals surface area contributed by atoms with E-state index in [1.807, 2.05) is 22.6 Å². The maximum atomic E-state index is 11.9. The number of aromatic nitrogens is 2. The topological polar surface area (TPSA) is 78.0 Å². The van der Waals surface area contributed by atoms with E-state index < -0.39 is 4.92 Å². The summed E-state index contributed by atoms with van der Waals surface area (Å²) in [6, 6.07) is 6.47. The first kappa shape index (κ1) is 14.9. The summed E-state index contributed by atoms with van der Waals surface area (Å²) >= 11 is 7.58. The second-order valence-corrected chi connectivity index (χ2v) is 5.42. The van der Waals surface area contributed by atoms with Crippen molar-refractivity contribution >= 4 is 39.9 Å². The van der Waals surface area contributed by atoms with Crippen LogP contribution in [0.5, 0.6) is 0 Å². The molecular formula is C12H9ClIN3O3. The second kappa shape index (κ2) is 6.31. The summed E-state index contributed by atoms with van der Waals surface area (Å²) in [5.74, 6) is 0. The van der Waals surface area contributed by atoms with Gasteiger partial charge in [-0.3, -0.25) is 19.5 Å². The van der Waals surface area contributed by atoms with Crippen LogP contribution in [0.1, 0.15) is 5.56 Å². The highest BCUT2D eigenvalue weighted by Crippen LogP contribution is 2.18. The lowest BCUT2D eigenvalue weighted by Crippen LogP contribution is -2.24. The van der Waals surface area contributed by atoms with Gasteiger partial charge in [0.2, 0.25) is 0 Å². The minimum atomic E-state index is -0.429. The maximum Gasteiger partial charge on any atom is 0.272 e. The first-order chi connectivity index (χ1) is 9.50. The average molecular weight is 406 g/mol. The number of para-hydroxylation sites is 1. The number of hydrogen-bond donors (Lipinski definition) is 0. The summed E-state index contributed by atoms with van der Waals surface area (Å²) in [6.45, 7) is 0.309. The van der Waals surface area contributed by atoms with Crippen molar-refractivity contribution < 1.29 is 4.92 Å². The molecule has 0 N–H and O–H groups in total. The molecule has 0 radical (unpaired) electrons. The molecule has 8 heteroatoms. The van der Waals surface area contributed by atoms with Crippen molar-refractivity contribution in [2.75, 3.05) is 0 Å². The molecule has 6 nitrogen and oxygen atoms in total. The Morgan fingerprint density at radius 2 is 2.10 bits per heavy atom. The largest absolute Gasteiger partial charge is 0.298 e. The molecule has 0 spiro atoms. The van der Waals surface area contributed by atoms with Gasteiger partial charge >= 0.3 is 0 Å². The van der Waals surface area contributed by atoms with E-state index in [0.29, 0.717) is 22.1 Å². The van der Waals surface area contributed by atoms with E-state index in [4.69, 9.17) is 11.6 Å². The van der Waals surface area contributed by atoms with Crippen LogP contribution in [0.15, 0.2) is 35.4 Å². The zero-order valence-electron chi connectivity index (χ0n) is 10.1. The van der Waals surface area contributed by atoms with Crippen LogP contribution in [0.25, 0.3) is 0 Å². The molecule has 0 saturated heterocycles. The molecule has 1 heterocycles. The summed E-state index contributed by atoms with van der Waals surface area (Å²) in [4.78, 5) is 26.3. The Morgan fingerprint density at radius 1 is 1.40 bits per heavy atom. The fourth-order valence-electron chi connectivity index (χ4n) is 1.74. The number of rotatable bonds is 4. The molecule has 1 aromatic heterocycles. The van der Waals surface area contributed by atoms with Crippen molar-refractivity contribution in [2.45, 2.75) is 13.0 Å². The van der Waals surface area contributed by atoms with Crippen molar-refractivity contribution in [3.8, 4) is 0 Å². The lowest BCUT2D eigenvalue weighted by Gasteiger charge is -2.06. The quantitative estimate of drug-likeness (QED) is 0.339. The van der Waals surface area contributed by atoms with E-state index in [9.17, 15) is 14.9 Å². The van der Waals surface area contributed by atoms with Gasteiger partial charge in [0.05, 0.1) is 11.3 Å². The third kappa shape index (κ3) is 3.15. The summed E-state index contributed by atoms with van der Waals surface area (Å²) in [6.07, 6.45) is 1.72. The third-order valence-electron chi connectivity index (χ3n) is 2.75. The van der Waals surface area contributed by atoms with Crippen LogP contribution in [0.2, 0.25) is 5.15 Å². The van der Waals surface area contributed by atoms with Gasteiger partial charge < -0.3 is 0 Å². The molecule has 0 amide bonds. The van der Waals surface area contributed by atoms with Gasteiger partial charge in [0, 0.05) is 18.2 Å². The van der Waals surface area contributed by atoms with Gasteiger partial charge in [-0.25, -0.2) is 4.98 Å². The van der Waals surface area contributed by atoms with Crippen LogP contribution in [0.4, 0.5) is 5.69 Å². The van der Waals surface area contributed by atoms with Crippen LogP contribution in [0.3, 0.4) is 0 Å². The first-order valence-electron chi connectivity index (χ1n) is 5.63. The van der Waals surface area contributed by atoms with Crippen LogP contribution < -0.4 is 5.56 Å². The molecule has 0 aliphatic rings. The lowest BCUT2D eigenvalue weighted by atomic mass is 10.1. The Morgan fingerprint density at radius 3 is 2.80 bits per heavy atom. The van der Waals surface area contributed by atoms with Gasteiger partial charge in [-0.05, 0) is 29.0 Å². The number of nitrogens with zero attached hydrogens (tertiary/aromatic N) is 3. The number of halogens is 2. The number of hydrogen-bond acceptors (Lipinski definition) is 4. The average Bonchev–Trinajstić information content (AvgIpc) is 2.44. The number of benzene rings is 1. The Labute approximate surface area is 132 Å². The van der Waals surface area contributed by atoms with Gasteiger partial charge in [-0.2, -0.15) is 0 Å². The molecule has 0 aliphatic heterocycles. The minimum Gasteiger partial charge on any atom is -0.298 e. The summed E-state index contributed by atoms with van der Waals surface area (Å²) < 4.78 is 1.74. The predicted octanol–water partition coefficient (Wildman–Crippen LogP) is 2.65. The van der Waals surface area contributed by atoms with Gasteiger partial charge in [0.15, 0.2) is 0 Å². The van der Waals surface area contributed by atoms with E-state index in [-0.39, 0.29) is 16.4 Å². The van der Waals surface area contributed by atoms with Crippen molar-refractivity contribution in [2.24, 2.45) is 0 Å². The number of aryl methyl sites for hydroxylation is 2. The third-order valence-corrected chi connectivity index (χ3v) is 4.33. The van der Waals surface area contributed by atoms with Gasteiger partial charge in [0.1, 0.15) is 8.72 Å². The molecule has 2 rings (SSSR count). The van der Waals surface area contributed by atoms with Crippen LogP contribution >= 0.6 is 34.2 Å². The molecule has 2 aromatic rings. The first-order valence-corrected chi connectivity index (χ1v) is 7.09. The fourth-order valence-corrected chi connectivity index (χ4v) is 2.32. The SMILES string of the molecule is O=c1c(I)c(Cl)ncn1CCc1ccccc1[N+](=O)[O-]. The van der Waals surface area contributed by atoms with Crippen molar-refractivity contribution in [1.29, 1.82) is 0 Å². The molecule has 20 heavy (non-hydrogen) atoms. The second-order valence-electron chi connectivity index (χ2n) is 3.98. The highest BCUT2D eigenvalue weighted by Gasteiger charge is 2.13. The molecule has 0 fully saturated rings. The van der Waals surface area contributed by atoms with E-state index >= 15 is 0 Å². The molecule has 1 aromatic carbocycles. The molecule has 0 bridgehead atoms. The highest BCUT2D eigenvalue weighted by molar-refractivity contribution is 14.1. The standard InChI is InChI=1S/C12H9ClIN3O3/c13-11-10(14)12(18)16(7-15-11)6-5-8-3-1-2-4-9(8)17(19)20/h1-4,7H,5-6H2. The Bertz CT molecular complexity index is 717. The minimum absolute atomic E-state index is 0.0529. The number of nitro groups is 1. The zero-order chi connectivity index (χ0) is 14.7. The summed E-state index contributed by atoms with van der Waals surface area (Å²) in [5.41, 5.74) is 0.385. The molecule has 0 unspecified atom stereocenters. The molecule has 0 atom stereocenters. The molecule has 0 saturated carbocycles. The molecular weight excluding hydrogens is 397 g/mol. The Hall–Kier alpha value is -1.48. The zero-order valence-corrected chi connectivity index (χ0v) is 13.0. The van der Waals surface area contributed by atoms with Gasteiger partial charge in [-0.15, -0.1) is 0 Å². The number of nitro benzene ring substituents is 1. The smallest absolute Gasteiger partial charge is 0.272 e. The van der Waals surface area contributed by atoms with Crippen molar-refractivity contribution in [3.05, 3.63) is 65.3 Å². The molecule has 104 valence electrons. The highest BCUT2D eigenvalue weighted by atomic mass is 127. The van der Waals surface area contributed by atoms with Crippen molar-refractivity contribution in [1.82, 2.24) is 9.55 Å². The Balaban J connectivity index is 2.24. The lowest BCUT2D eigenvalue weighted by molar-refractivity contribution is -0.385. The summed E-state index contributed by atoms with van der Waals surface area (Å²) in [7, 11) is 0. The van der Waals surface area contributed by atoms with Gasteiger partial charge in [0.25, 0.3) is 11.2 Å². The predicted molar refractivity (Wildman–Crippen MR) is 83.0 cm³/mol. The fraction of sp³-hybridized carbons (Fsp3) is 0.167. The maximum absolute atomic E-state index is 11.9. The monoisotopic (exact) mass is 405 g/mol. The van der Waals surface area contributed by atoms with E-state index in [0.717, 1.165) is 0 Å². The van der Waals surface area contributed by atoms with Crippen LogP contribution in [-0.4, -0.2) is 14.5 Å². The Kier molecular flexibility index (Phi) is 4.71.